The molecule has 0 aromatic heterocycles. The van der Waals surface area contributed by atoms with Gasteiger partial charge in [0.1, 0.15) is 0 Å². The fraction of sp³-hybridized carbons (Fsp3) is 0.714. The van der Waals surface area contributed by atoms with Crippen molar-refractivity contribution in [1.29, 1.82) is 0 Å². The van der Waals surface area contributed by atoms with Gasteiger partial charge >= 0.3 is 0 Å². The van der Waals surface area contributed by atoms with Crippen molar-refractivity contribution < 1.29 is 4.74 Å². The first-order valence-corrected chi connectivity index (χ1v) is 4.45. The average Bonchev–Trinajstić information content (AvgIpc) is 1.83. The summed E-state index contributed by atoms with van der Waals surface area (Å²) in [5, 5.41) is 0.954. The molecule has 0 aromatic rings. The van der Waals surface area contributed by atoms with Crippen LogP contribution in [0.3, 0.4) is 0 Å². The van der Waals surface area contributed by atoms with Gasteiger partial charge < -0.3 is 4.74 Å². The van der Waals surface area contributed by atoms with E-state index in [0.717, 1.165) is 22.2 Å². The van der Waals surface area contributed by atoms with Gasteiger partial charge in [0.2, 0.25) is 0 Å². The van der Waals surface area contributed by atoms with Crippen molar-refractivity contribution in [3.05, 3.63) is 12.0 Å². The van der Waals surface area contributed by atoms with Gasteiger partial charge in [-0.15, -0.1) is 0 Å². The molecule has 0 amide bonds. The van der Waals surface area contributed by atoms with Crippen LogP contribution in [0.4, 0.5) is 0 Å². The summed E-state index contributed by atoms with van der Waals surface area (Å²) in [6.07, 6.45) is 1.19. The molecule has 0 fully saturated rings. The zero-order valence-corrected chi connectivity index (χ0v) is 8.61. The Balaban J connectivity index is 3.16. The predicted molar refractivity (Wildman–Crippen MR) is 44.5 cm³/mol. The predicted octanol–water partition coefficient (Wildman–Crippen LogP) is 0.886. The highest BCUT2D eigenvalue weighted by molar-refractivity contribution is 6.19. The number of rotatable bonds is 4. The van der Waals surface area contributed by atoms with Gasteiger partial charge in [-0.2, -0.15) is 0 Å². The Morgan fingerprint density at radius 2 is 2.33 bits per heavy atom. The van der Waals surface area contributed by atoms with E-state index in [9.17, 15) is 0 Å². The van der Waals surface area contributed by atoms with Crippen LogP contribution in [-0.4, -0.2) is 16.8 Å². The highest BCUT2D eigenvalue weighted by Gasteiger charge is 1.96. The van der Waals surface area contributed by atoms with Crippen molar-refractivity contribution in [3.8, 4) is 0 Å². The molecule has 1 unspecified atom stereocenters. The SMILES string of the molecule is C=C([SiH3])OCC(C)CC. The Labute approximate surface area is 60.5 Å². The Kier molecular flexibility index (Phi) is 4.49. The minimum absolute atomic E-state index is 0.677. The number of ether oxygens (including phenoxy) is 1. The molecule has 0 aliphatic rings. The standard InChI is InChI=1S/C7H16OSi/c1-4-6(2)5-8-7(3)9/h6H,3-5H2,1-2,9H3. The second-order valence-electron chi connectivity index (χ2n) is 2.53. The fourth-order valence-electron chi connectivity index (χ4n) is 0.402. The monoisotopic (exact) mass is 144 g/mol. The van der Waals surface area contributed by atoms with Gasteiger partial charge in [-0.05, 0) is 5.92 Å². The molecule has 0 saturated carbocycles. The van der Waals surface area contributed by atoms with Crippen molar-refractivity contribution in [2.45, 2.75) is 20.3 Å². The van der Waals surface area contributed by atoms with Gasteiger partial charge in [0.15, 0.2) is 0 Å². The van der Waals surface area contributed by atoms with Gasteiger partial charge in [0.05, 0.1) is 22.2 Å². The number of hydrogen-bond acceptors (Lipinski definition) is 1. The largest absolute Gasteiger partial charge is 0.504 e. The van der Waals surface area contributed by atoms with Gasteiger partial charge in [0, 0.05) is 0 Å². The zero-order chi connectivity index (χ0) is 7.28. The van der Waals surface area contributed by atoms with Crippen LogP contribution >= 0.6 is 0 Å². The van der Waals surface area contributed by atoms with Crippen LogP contribution in [0.1, 0.15) is 20.3 Å². The second kappa shape index (κ2) is 4.62. The summed E-state index contributed by atoms with van der Waals surface area (Å²) in [4.78, 5) is 0. The maximum absolute atomic E-state index is 5.26. The van der Waals surface area contributed by atoms with Crippen LogP contribution in [0, 0.1) is 5.92 Å². The van der Waals surface area contributed by atoms with Gasteiger partial charge in [-0.25, -0.2) is 0 Å². The minimum Gasteiger partial charge on any atom is -0.504 e. The van der Waals surface area contributed by atoms with Crippen LogP contribution in [0.5, 0.6) is 0 Å². The lowest BCUT2D eigenvalue weighted by atomic mass is 10.1. The van der Waals surface area contributed by atoms with Crippen molar-refractivity contribution in [3.63, 3.8) is 0 Å². The van der Waals surface area contributed by atoms with Crippen LogP contribution in [0.25, 0.3) is 0 Å². The fourth-order valence-corrected chi connectivity index (χ4v) is 0.569. The van der Waals surface area contributed by atoms with E-state index in [0.29, 0.717) is 5.92 Å². The molecule has 0 aromatic carbocycles. The van der Waals surface area contributed by atoms with E-state index < -0.39 is 0 Å². The van der Waals surface area contributed by atoms with E-state index in [1.54, 1.807) is 0 Å². The Morgan fingerprint density at radius 3 is 2.67 bits per heavy atom. The first-order chi connectivity index (χ1) is 4.16. The molecule has 9 heavy (non-hydrogen) atoms. The summed E-state index contributed by atoms with van der Waals surface area (Å²) >= 11 is 0. The van der Waals surface area contributed by atoms with E-state index in [2.05, 4.69) is 20.4 Å². The van der Waals surface area contributed by atoms with E-state index >= 15 is 0 Å². The third kappa shape index (κ3) is 5.63. The molecule has 0 aliphatic carbocycles. The third-order valence-electron chi connectivity index (χ3n) is 1.31. The highest BCUT2D eigenvalue weighted by atomic mass is 28.1. The minimum atomic E-state index is 0.677. The number of hydrogen-bond donors (Lipinski definition) is 0. The molecule has 0 bridgehead atoms. The topological polar surface area (TPSA) is 9.23 Å². The summed E-state index contributed by atoms with van der Waals surface area (Å²) in [6.45, 7) is 8.90. The van der Waals surface area contributed by atoms with Crippen molar-refractivity contribution >= 4 is 10.2 Å². The van der Waals surface area contributed by atoms with E-state index in [-0.39, 0.29) is 0 Å². The van der Waals surface area contributed by atoms with Crippen molar-refractivity contribution in [2.24, 2.45) is 5.92 Å². The summed E-state index contributed by atoms with van der Waals surface area (Å²) in [5.41, 5.74) is 0. The molecule has 0 radical (unpaired) electrons. The van der Waals surface area contributed by atoms with Crippen molar-refractivity contribution in [2.75, 3.05) is 6.61 Å². The molecular formula is C7H16OSi. The quantitative estimate of drug-likeness (QED) is 0.420. The van der Waals surface area contributed by atoms with Gasteiger partial charge in [-0.3, -0.25) is 0 Å². The molecule has 0 rings (SSSR count). The van der Waals surface area contributed by atoms with Gasteiger partial charge in [0.25, 0.3) is 0 Å². The molecule has 0 heterocycles. The summed E-state index contributed by atoms with van der Waals surface area (Å²) in [7, 11) is 0.960. The Hall–Kier alpha value is -0.243. The Morgan fingerprint density at radius 1 is 1.78 bits per heavy atom. The molecule has 0 aliphatic heterocycles. The maximum atomic E-state index is 5.26. The van der Waals surface area contributed by atoms with Crippen LogP contribution in [0.15, 0.2) is 12.0 Å². The third-order valence-corrected chi connectivity index (χ3v) is 1.60. The molecule has 1 nitrogen and oxygen atoms in total. The van der Waals surface area contributed by atoms with Crippen molar-refractivity contribution in [1.82, 2.24) is 0 Å². The smallest absolute Gasteiger partial charge is 0.0895 e. The summed E-state index contributed by atoms with van der Waals surface area (Å²) in [6, 6.07) is 0. The summed E-state index contributed by atoms with van der Waals surface area (Å²) in [5.74, 6) is 0.677. The van der Waals surface area contributed by atoms with Crippen LogP contribution < -0.4 is 0 Å². The molecule has 0 spiro atoms. The maximum Gasteiger partial charge on any atom is 0.0895 e. The average molecular weight is 144 g/mol. The van der Waals surface area contributed by atoms with E-state index in [1.807, 2.05) is 0 Å². The lowest BCUT2D eigenvalue weighted by Crippen LogP contribution is -2.03. The second-order valence-corrected chi connectivity index (χ2v) is 3.64. The normalized spacial score (nSPS) is 13.1. The van der Waals surface area contributed by atoms with Crippen LogP contribution in [0.2, 0.25) is 0 Å². The molecule has 0 N–H and O–H groups in total. The Bertz CT molecular complexity index is 90.9. The van der Waals surface area contributed by atoms with Gasteiger partial charge in [-0.1, -0.05) is 26.8 Å². The van der Waals surface area contributed by atoms with E-state index in [1.165, 1.54) is 6.42 Å². The molecule has 54 valence electrons. The van der Waals surface area contributed by atoms with Crippen LogP contribution in [-0.2, 0) is 4.74 Å². The lowest BCUT2D eigenvalue weighted by molar-refractivity contribution is 0.190. The lowest BCUT2D eigenvalue weighted by Gasteiger charge is -2.09. The molecular weight excluding hydrogens is 128 g/mol. The first-order valence-electron chi connectivity index (χ1n) is 3.45. The van der Waals surface area contributed by atoms with E-state index in [4.69, 9.17) is 4.74 Å². The zero-order valence-electron chi connectivity index (χ0n) is 6.61. The molecule has 0 saturated heterocycles. The molecule has 2 heteroatoms. The first kappa shape index (κ1) is 8.76. The highest BCUT2D eigenvalue weighted by Crippen LogP contribution is 2.01. The molecule has 1 atom stereocenters. The summed E-state index contributed by atoms with van der Waals surface area (Å²) < 4.78 is 5.26.